The molecule has 0 fully saturated rings. The fraction of sp³-hybridized carbons (Fsp3) is 0.167. The van der Waals surface area contributed by atoms with Crippen molar-refractivity contribution in [3.63, 3.8) is 0 Å². The summed E-state index contributed by atoms with van der Waals surface area (Å²) in [4.78, 5) is 12.2. The Morgan fingerprint density at radius 2 is 1.93 bits per heavy atom. The zero-order chi connectivity index (χ0) is 20.9. The van der Waals surface area contributed by atoms with E-state index in [1.807, 2.05) is 0 Å². The summed E-state index contributed by atoms with van der Waals surface area (Å²) < 4.78 is 56.3. The second-order valence-corrected chi connectivity index (χ2v) is 8.34. The molecule has 0 bridgehead atoms. The van der Waals surface area contributed by atoms with Gasteiger partial charge in [-0.25, -0.2) is 13.1 Å². The van der Waals surface area contributed by atoms with Gasteiger partial charge in [0.2, 0.25) is 15.9 Å². The number of carbonyl (C=O) groups is 1. The number of hydrogen-bond acceptors (Lipinski definition) is 4. The smallest absolute Gasteiger partial charge is 0.387 e. The molecule has 0 aliphatic heterocycles. The third-order valence-electron chi connectivity index (χ3n) is 3.62. The van der Waals surface area contributed by atoms with Gasteiger partial charge >= 0.3 is 6.61 Å². The molecule has 150 valence electrons. The fourth-order valence-corrected chi connectivity index (χ4v) is 3.65. The van der Waals surface area contributed by atoms with Gasteiger partial charge in [-0.15, -0.1) is 0 Å². The summed E-state index contributed by atoms with van der Waals surface area (Å²) in [6, 6.07) is 8.85. The Balaban J connectivity index is 2.21. The van der Waals surface area contributed by atoms with Gasteiger partial charge in [0.25, 0.3) is 0 Å². The van der Waals surface area contributed by atoms with Gasteiger partial charge in [-0.2, -0.15) is 8.78 Å². The summed E-state index contributed by atoms with van der Waals surface area (Å²) in [5.74, 6) is -0.653. The summed E-state index contributed by atoms with van der Waals surface area (Å²) in [5, 5.41) is 2.53. The Kier molecular flexibility index (Phi) is 7.28. The average Bonchev–Trinajstić information content (AvgIpc) is 2.63. The Morgan fingerprint density at radius 1 is 1.21 bits per heavy atom. The number of alkyl halides is 2. The highest BCUT2D eigenvalue weighted by molar-refractivity contribution is 9.10. The van der Waals surface area contributed by atoms with Crippen molar-refractivity contribution in [3.8, 4) is 5.75 Å². The van der Waals surface area contributed by atoms with E-state index in [1.54, 1.807) is 19.1 Å². The maximum Gasteiger partial charge on any atom is 0.387 e. The van der Waals surface area contributed by atoms with Crippen LogP contribution in [0.3, 0.4) is 0 Å². The first kappa shape index (κ1) is 22.0. The van der Waals surface area contributed by atoms with Crippen molar-refractivity contribution < 1.29 is 26.7 Å². The van der Waals surface area contributed by atoms with Gasteiger partial charge in [0.15, 0.2) is 0 Å². The molecule has 1 amide bonds. The Hall–Kier alpha value is -2.30. The normalized spacial score (nSPS) is 11.8. The van der Waals surface area contributed by atoms with Crippen LogP contribution in [0.15, 0.2) is 51.8 Å². The largest absolute Gasteiger partial charge is 0.434 e. The van der Waals surface area contributed by atoms with E-state index in [4.69, 9.17) is 0 Å². The summed E-state index contributed by atoms with van der Waals surface area (Å²) in [6.45, 7) is -1.37. The number of amides is 1. The Labute approximate surface area is 169 Å². The number of ether oxygens (including phenoxy) is 1. The summed E-state index contributed by atoms with van der Waals surface area (Å²) in [6.07, 6.45) is 2.45. The minimum atomic E-state index is -3.68. The van der Waals surface area contributed by atoms with Crippen LogP contribution in [0, 0.1) is 6.92 Å². The van der Waals surface area contributed by atoms with Crippen LogP contribution in [0.1, 0.15) is 11.1 Å². The molecule has 0 unspecified atom stereocenters. The molecular formula is C18H17BrF2N2O4S. The van der Waals surface area contributed by atoms with E-state index in [0.717, 1.165) is 6.08 Å². The van der Waals surface area contributed by atoms with Crippen LogP contribution in [0.4, 0.5) is 14.5 Å². The number of halogens is 3. The number of anilines is 1. The van der Waals surface area contributed by atoms with Gasteiger partial charge in [0, 0.05) is 21.8 Å². The van der Waals surface area contributed by atoms with Crippen molar-refractivity contribution in [1.82, 2.24) is 4.72 Å². The molecule has 0 aliphatic rings. The maximum atomic E-state index is 12.5. The maximum absolute atomic E-state index is 12.5. The molecule has 0 spiro atoms. The van der Waals surface area contributed by atoms with Crippen LogP contribution < -0.4 is 14.8 Å². The summed E-state index contributed by atoms with van der Waals surface area (Å²) in [5.41, 5.74) is 1.06. The van der Waals surface area contributed by atoms with E-state index in [9.17, 15) is 22.0 Å². The molecule has 0 aromatic heterocycles. The minimum absolute atomic E-state index is 0.0383. The number of rotatable bonds is 7. The van der Waals surface area contributed by atoms with Crippen LogP contribution >= 0.6 is 15.9 Å². The molecule has 0 saturated heterocycles. The Bertz CT molecular complexity index is 1010. The number of benzene rings is 2. The number of sulfonamides is 1. The van der Waals surface area contributed by atoms with Crippen molar-refractivity contribution in [1.29, 1.82) is 0 Å². The quantitative estimate of drug-likeness (QED) is 0.595. The highest BCUT2D eigenvalue weighted by Gasteiger charge is 2.15. The second-order valence-electron chi connectivity index (χ2n) is 5.57. The number of nitrogens with one attached hydrogen (secondary N) is 2. The predicted octanol–water partition coefficient (Wildman–Crippen LogP) is 3.92. The van der Waals surface area contributed by atoms with E-state index in [1.165, 1.54) is 37.4 Å². The molecule has 28 heavy (non-hydrogen) atoms. The lowest BCUT2D eigenvalue weighted by molar-refractivity contribution is -0.111. The van der Waals surface area contributed by atoms with Crippen molar-refractivity contribution in [2.75, 3.05) is 12.4 Å². The summed E-state index contributed by atoms with van der Waals surface area (Å²) >= 11 is 3.22. The molecule has 2 N–H and O–H groups in total. The second kappa shape index (κ2) is 9.26. The number of carbonyl (C=O) groups excluding carboxylic acids is 1. The molecule has 0 radical (unpaired) electrons. The van der Waals surface area contributed by atoms with Crippen LogP contribution in [0.2, 0.25) is 0 Å². The van der Waals surface area contributed by atoms with Crippen molar-refractivity contribution >= 4 is 43.6 Å². The van der Waals surface area contributed by atoms with E-state index in [0.29, 0.717) is 10.0 Å². The van der Waals surface area contributed by atoms with E-state index >= 15 is 0 Å². The third kappa shape index (κ3) is 5.85. The van der Waals surface area contributed by atoms with Crippen molar-refractivity contribution in [2.45, 2.75) is 18.4 Å². The molecule has 2 rings (SSSR count). The first-order valence-corrected chi connectivity index (χ1v) is 10.2. The number of hydrogen-bond donors (Lipinski definition) is 2. The van der Waals surface area contributed by atoms with Crippen LogP contribution in [0.25, 0.3) is 6.08 Å². The highest BCUT2D eigenvalue weighted by atomic mass is 79.9. The lowest BCUT2D eigenvalue weighted by Crippen LogP contribution is -2.20. The van der Waals surface area contributed by atoms with Gasteiger partial charge in [0.1, 0.15) is 5.75 Å². The van der Waals surface area contributed by atoms with Gasteiger partial charge in [-0.05, 0) is 55.9 Å². The molecule has 0 saturated carbocycles. The zero-order valence-corrected chi connectivity index (χ0v) is 17.3. The molecule has 6 nitrogen and oxygen atoms in total. The molecule has 2 aromatic rings. The average molecular weight is 475 g/mol. The van der Waals surface area contributed by atoms with Crippen molar-refractivity contribution in [2.24, 2.45) is 0 Å². The van der Waals surface area contributed by atoms with Gasteiger partial charge < -0.3 is 10.1 Å². The Morgan fingerprint density at radius 3 is 2.57 bits per heavy atom. The summed E-state index contributed by atoms with van der Waals surface area (Å²) in [7, 11) is -2.38. The van der Waals surface area contributed by atoms with Gasteiger partial charge in [0.05, 0.1) is 4.90 Å². The monoisotopic (exact) mass is 474 g/mol. The van der Waals surface area contributed by atoms with Crippen LogP contribution in [-0.4, -0.2) is 28.0 Å². The minimum Gasteiger partial charge on any atom is -0.434 e. The first-order chi connectivity index (χ1) is 13.1. The lowest BCUT2D eigenvalue weighted by atomic mass is 10.2. The molecule has 2 aromatic carbocycles. The number of aryl methyl sites for hydroxylation is 1. The van der Waals surface area contributed by atoms with E-state index in [-0.39, 0.29) is 21.9 Å². The van der Waals surface area contributed by atoms with E-state index < -0.39 is 22.5 Å². The van der Waals surface area contributed by atoms with Gasteiger partial charge in [-0.3, -0.25) is 4.79 Å². The lowest BCUT2D eigenvalue weighted by Gasteiger charge is -2.10. The first-order valence-electron chi connectivity index (χ1n) is 7.90. The molecule has 0 heterocycles. The van der Waals surface area contributed by atoms with Crippen LogP contribution in [0.5, 0.6) is 5.75 Å². The zero-order valence-electron chi connectivity index (χ0n) is 14.9. The van der Waals surface area contributed by atoms with Crippen LogP contribution in [-0.2, 0) is 14.8 Å². The van der Waals surface area contributed by atoms with Gasteiger partial charge in [-0.1, -0.05) is 22.0 Å². The third-order valence-corrected chi connectivity index (χ3v) is 5.67. The standard InChI is InChI=1S/C18H17BrF2N2O4S/c1-11-3-6-14(10-16(11)28(25,26)22-2)23-17(24)8-4-12-9-13(19)5-7-15(12)27-18(20)21/h3-10,18,22H,1-2H3,(H,23,24)/b8-4+. The topological polar surface area (TPSA) is 84.5 Å². The fourth-order valence-electron chi connectivity index (χ4n) is 2.28. The highest BCUT2D eigenvalue weighted by Crippen LogP contribution is 2.26. The molecule has 0 aliphatic carbocycles. The molecule has 0 atom stereocenters. The van der Waals surface area contributed by atoms with Crippen molar-refractivity contribution in [3.05, 3.63) is 58.1 Å². The molecular weight excluding hydrogens is 458 g/mol. The predicted molar refractivity (Wildman–Crippen MR) is 106 cm³/mol. The SMILES string of the molecule is CNS(=O)(=O)c1cc(NC(=O)/C=C/c2cc(Br)ccc2OC(F)F)ccc1C. The molecule has 10 heteroatoms. The van der Waals surface area contributed by atoms with E-state index in [2.05, 4.69) is 30.7 Å².